The second-order valence-electron chi connectivity index (χ2n) is 4.06. The summed E-state index contributed by atoms with van der Waals surface area (Å²) in [7, 11) is 0. The van der Waals surface area contributed by atoms with Crippen LogP contribution >= 0.6 is 11.3 Å². The van der Waals surface area contributed by atoms with Crippen molar-refractivity contribution in [3.8, 4) is 6.07 Å². The van der Waals surface area contributed by atoms with Gasteiger partial charge in [-0.15, -0.1) is 11.3 Å². The molecule has 4 heteroatoms. The number of para-hydroxylation sites is 1. The summed E-state index contributed by atoms with van der Waals surface area (Å²) < 4.78 is 5.45. The lowest BCUT2D eigenvalue weighted by atomic mass is 10.2. The molecule has 1 heterocycles. The van der Waals surface area contributed by atoms with Gasteiger partial charge in [-0.05, 0) is 19.1 Å². The maximum absolute atomic E-state index is 8.80. The fourth-order valence-electron chi connectivity index (χ4n) is 1.74. The van der Waals surface area contributed by atoms with Crippen molar-refractivity contribution in [1.82, 2.24) is 0 Å². The largest absolute Gasteiger partial charge is 0.380 e. The van der Waals surface area contributed by atoms with Gasteiger partial charge in [0.05, 0.1) is 12.2 Å². The minimum atomic E-state index is 0.619. The van der Waals surface area contributed by atoms with Gasteiger partial charge >= 0.3 is 0 Å². The van der Waals surface area contributed by atoms with E-state index in [2.05, 4.69) is 17.5 Å². The van der Waals surface area contributed by atoms with Crippen LogP contribution in [0.4, 0.5) is 5.69 Å². The molecule has 1 aromatic carbocycles. The summed E-state index contributed by atoms with van der Waals surface area (Å²) >= 11 is 1.60. The highest BCUT2D eigenvalue weighted by Crippen LogP contribution is 2.19. The Morgan fingerprint density at radius 2 is 2.21 bits per heavy atom. The summed E-state index contributed by atoms with van der Waals surface area (Å²) in [6.07, 6.45) is 0. The lowest BCUT2D eigenvalue weighted by molar-refractivity contribution is 0.134. The van der Waals surface area contributed by atoms with Gasteiger partial charge in [-0.2, -0.15) is 5.26 Å². The lowest BCUT2D eigenvalue weighted by Gasteiger charge is -2.11. The predicted molar refractivity (Wildman–Crippen MR) is 78.1 cm³/mol. The molecule has 0 amide bonds. The first-order valence-corrected chi connectivity index (χ1v) is 7.08. The van der Waals surface area contributed by atoms with E-state index in [9.17, 15) is 0 Å². The monoisotopic (exact) mass is 272 g/mol. The zero-order valence-electron chi connectivity index (χ0n) is 10.8. The van der Waals surface area contributed by atoms with Gasteiger partial charge in [-0.1, -0.05) is 18.2 Å². The summed E-state index contributed by atoms with van der Waals surface area (Å²) in [6, 6.07) is 12.2. The highest BCUT2D eigenvalue weighted by molar-refractivity contribution is 7.10. The Hall–Kier alpha value is -1.83. The quantitative estimate of drug-likeness (QED) is 0.870. The van der Waals surface area contributed by atoms with Crippen LogP contribution in [0.2, 0.25) is 0 Å². The topological polar surface area (TPSA) is 45.0 Å². The molecule has 0 aliphatic rings. The van der Waals surface area contributed by atoms with Gasteiger partial charge < -0.3 is 10.1 Å². The molecule has 0 saturated heterocycles. The smallest absolute Gasteiger partial charge is 0.100 e. The average molecular weight is 272 g/mol. The molecule has 0 bridgehead atoms. The van der Waals surface area contributed by atoms with Gasteiger partial charge in [0.1, 0.15) is 6.07 Å². The molecule has 0 saturated carbocycles. The van der Waals surface area contributed by atoms with E-state index in [0.29, 0.717) is 13.2 Å². The predicted octanol–water partition coefficient (Wildman–Crippen LogP) is 3.77. The van der Waals surface area contributed by atoms with Crippen LogP contribution in [0, 0.1) is 11.3 Å². The van der Waals surface area contributed by atoms with Crippen LogP contribution in [0.15, 0.2) is 35.7 Å². The second-order valence-corrected chi connectivity index (χ2v) is 5.06. The minimum absolute atomic E-state index is 0.619. The first kappa shape index (κ1) is 13.6. The molecule has 0 aliphatic carbocycles. The number of benzene rings is 1. The van der Waals surface area contributed by atoms with Crippen LogP contribution in [0.3, 0.4) is 0 Å². The van der Waals surface area contributed by atoms with E-state index in [4.69, 9.17) is 10.00 Å². The van der Waals surface area contributed by atoms with Crippen LogP contribution in [-0.2, 0) is 17.9 Å². The number of nitriles is 1. The van der Waals surface area contributed by atoms with Crippen LogP contribution in [0.1, 0.15) is 22.9 Å². The summed E-state index contributed by atoms with van der Waals surface area (Å²) in [5.74, 6) is 0. The van der Waals surface area contributed by atoms with Crippen LogP contribution in [0.5, 0.6) is 0 Å². The normalized spacial score (nSPS) is 10.1. The van der Waals surface area contributed by atoms with Gasteiger partial charge in [-0.3, -0.25) is 0 Å². The molecule has 0 radical (unpaired) electrons. The molecule has 0 atom stereocenters. The van der Waals surface area contributed by atoms with E-state index in [0.717, 1.165) is 28.2 Å². The molecule has 0 fully saturated rings. The third kappa shape index (κ3) is 3.82. The third-order valence-electron chi connectivity index (χ3n) is 2.71. The first-order chi connectivity index (χ1) is 9.33. The molecule has 3 nitrogen and oxygen atoms in total. The van der Waals surface area contributed by atoms with E-state index >= 15 is 0 Å². The minimum Gasteiger partial charge on any atom is -0.380 e. The number of anilines is 1. The van der Waals surface area contributed by atoms with Crippen molar-refractivity contribution >= 4 is 17.0 Å². The summed E-state index contributed by atoms with van der Waals surface area (Å²) in [4.78, 5) is 1.16. The van der Waals surface area contributed by atoms with Crippen molar-refractivity contribution in [2.24, 2.45) is 0 Å². The molecule has 2 rings (SSSR count). The Kier molecular flexibility index (Phi) is 4.96. The second kappa shape index (κ2) is 6.93. The Morgan fingerprint density at radius 3 is 2.95 bits per heavy atom. The molecule has 1 aromatic heterocycles. The van der Waals surface area contributed by atoms with Crippen molar-refractivity contribution < 1.29 is 4.74 Å². The fourth-order valence-corrected chi connectivity index (χ4v) is 2.49. The van der Waals surface area contributed by atoms with Crippen LogP contribution < -0.4 is 5.32 Å². The van der Waals surface area contributed by atoms with Gasteiger partial charge in [-0.25, -0.2) is 0 Å². The first-order valence-electron chi connectivity index (χ1n) is 6.20. The fraction of sp³-hybridized carbons (Fsp3) is 0.267. The van der Waals surface area contributed by atoms with Gasteiger partial charge in [0.25, 0.3) is 0 Å². The van der Waals surface area contributed by atoms with Crippen LogP contribution in [0.25, 0.3) is 0 Å². The summed E-state index contributed by atoms with van der Waals surface area (Å²) in [5.41, 5.74) is 2.97. The number of hydrogen-bond donors (Lipinski definition) is 1. The Bertz CT molecular complexity index is 572. The van der Waals surface area contributed by atoms with E-state index in [-0.39, 0.29) is 0 Å². The maximum Gasteiger partial charge on any atom is 0.100 e. The zero-order valence-corrected chi connectivity index (χ0v) is 11.7. The molecule has 19 heavy (non-hydrogen) atoms. The average Bonchev–Trinajstić information content (AvgIpc) is 2.91. The number of ether oxygens (including phenoxy) is 1. The van der Waals surface area contributed by atoms with E-state index in [1.807, 2.05) is 36.6 Å². The number of nitrogens with one attached hydrogen (secondary N) is 1. The number of rotatable bonds is 6. The molecule has 98 valence electrons. The van der Waals surface area contributed by atoms with Crippen molar-refractivity contribution in [2.45, 2.75) is 20.1 Å². The molecule has 0 aliphatic heterocycles. The number of thiophene rings is 1. The SMILES string of the molecule is CCOCc1ccccc1NCc1cc(C#N)cs1. The Morgan fingerprint density at radius 1 is 1.37 bits per heavy atom. The molecular formula is C15H16N2OS. The van der Waals surface area contributed by atoms with Gasteiger partial charge in [0.15, 0.2) is 0 Å². The van der Waals surface area contributed by atoms with Crippen molar-refractivity contribution in [3.63, 3.8) is 0 Å². The third-order valence-corrected chi connectivity index (χ3v) is 3.65. The standard InChI is InChI=1S/C15H16N2OS/c1-2-18-10-13-5-3-4-6-15(13)17-9-14-7-12(8-16)11-19-14/h3-7,11,17H,2,9-10H2,1H3. The van der Waals surface area contributed by atoms with E-state index in [1.165, 1.54) is 0 Å². The highest BCUT2D eigenvalue weighted by Gasteiger charge is 2.03. The van der Waals surface area contributed by atoms with Crippen molar-refractivity contribution in [1.29, 1.82) is 5.26 Å². The maximum atomic E-state index is 8.80. The molecule has 2 aromatic rings. The Labute approximate surface area is 117 Å². The lowest BCUT2D eigenvalue weighted by Crippen LogP contribution is -2.02. The van der Waals surface area contributed by atoms with Gasteiger partial charge in [0.2, 0.25) is 0 Å². The summed E-state index contributed by atoms with van der Waals surface area (Å²) in [6.45, 7) is 4.05. The van der Waals surface area contributed by atoms with E-state index in [1.54, 1.807) is 11.3 Å². The molecule has 1 N–H and O–H groups in total. The molecular weight excluding hydrogens is 256 g/mol. The molecule has 0 unspecified atom stereocenters. The van der Waals surface area contributed by atoms with Crippen molar-refractivity contribution in [2.75, 3.05) is 11.9 Å². The highest BCUT2D eigenvalue weighted by atomic mass is 32.1. The summed E-state index contributed by atoms with van der Waals surface area (Å²) in [5, 5.41) is 14.1. The van der Waals surface area contributed by atoms with Crippen molar-refractivity contribution in [3.05, 3.63) is 51.7 Å². The van der Waals surface area contributed by atoms with Gasteiger partial charge in [0, 0.05) is 34.7 Å². The Balaban J connectivity index is 2.00. The number of hydrogen-bond acceptors (Lipinski definition) is 4. The van der Waals surface area contributed by atoms with E-state index < -0.39 is 0 Å². The number of nitrogens with zero attached hydrogens (tertiary/aromatic N) is 1. The van der Waals surface area contributed by atoms with Crippen LogP contribution in [-0.4, -0.2) is 6.61 Å². The zero-order chi connectivity index (χ0) is 13.5. The molecule has 0 spiro atoms.